The van der Waals surface area contributed by atoms with Crippen molar-refractivity contribution in [1.82, 2.24) is 16.1 Å². The van der Waals surface area contributed by atoms with E-state index in [-0.39, 0.29) is 31.3 Å². The number of aliphatic imine (C=N–C) groups is 1. The molecule has 0 aliphatic rings. The summed E-state index contributed by atoms with van der Waals surface area (Å²) in [5.41, 5.74) is 7.90. The lowest BCUT2D eigenvalue weighted by molar-refractivity contribution is -0.525. The normalized spacial score (nSPS) is 13.9. The van der Waals surface area contributed by atoms with Crippen molar-refractivity contribution in [2.24, 2.45) is 16.6 Å². The Bertz CT molecular complexity index is 1180. The Kier molecular flexibility index (Phi) is 11.9. The second-order valence-corrected chi connectivity index (χ2v) is 9.69. The highest BCUT2D eigenvalue weighted by Crippen LogP contribution is 2.25. The van der Waals surface area contributed by atoms with Gasteiger partial charge in [-0.3, -0.25) is 9.59 Å². The van der Waals surface area contributed by atoms with Crippen LogP contribution < -0.4 is 26.5 Å². The van der Waals surface area contributed by atoms with E-state index in [0.717, 1.165) is 22.1 Å². The molecule has 0 spiro atoms. The number of nitrogens with two attached hydrogens (primary N) is 1. The van der Waals surface area contributed by atoms with E-state index in [4.69, 9.17) is 10.5 Å². The van der Waals surface area contributed by atoms with E-state index in [2.05, 4.69) is 15.6 Å². The molecule has 39 heavy (non-hydrogen) atoms. The summed E-state index contributed by atoms with van der Waals surface area (Å²) >= 11 is 0. The second-order valence-electron chi connectivity index (χ2n) is 9.69. The first-order chi connectivity index (χ1) is 18.4. The summed E-state index contributed by atoms with van der Waals surface area (Å²) in [5, 5.41) is 36.3. The van der Waals surface area contributed by atoms with Crippen LogP contribution in [0.1, 0.15) is 51.5 Å². The van der Waals surface area contributed by atoms with Crippen LogP contribution in [0.15, 0.2) is 41.4 Å². The summed E-state index contributed by atoms with van der Waals surface area (Å²) in [6.07, 6.45) is 0.712. The molecule has 3 atom stereocenters. The number of carbonyl (C=O) groups is 2. The highest BCUT2D eigenvalue weighted by Gasteiger charge is 2.30. The lowest BCUT2D eigenvalue weighted by Crippen LogP contribution is -2.54. The first kappa shape index (κ1) is 31.3. The number of nitrogens with zero attached hydrogens (tertiary/aromatic N) is 2. The van der Waals surface area contributed by atoms with Gasteiger partial charge < -0.3 is 31.2 Å². The van der Waals surface area contributed by atoms with Crippen molar-refractivity contribution in [3.63, 3.8) is 0 Å². The van der Waals surface area contributed by atoms with E-state index in [0.29, 0.717) is 6.42 Å². The van der Waals surface area contributed by atoms with Gasteiger partial charge >= 0.3 is 7.12 Å². The molecule has 7 N–H and O–H groups in total. The van der Waals surface area contributed by atoms with E-state index in [1.807, 2.05) is 50.2 Å². The smallest absolute Gasteiger partial charge is 0.475 e. The van der Waals surface area contributed by atoms with Crippen LogP contribution in [-0.2, 0) is 9.59 Å². The zero-order valence-corrected chi connectivity index (χ0v) is 22.6. The van der Waals surface area contributed by atoms with Gasteiger partial charge in [0.15, 0.2) is 5.03 Å². The average Bonchev–Trinajstić information content (AvgIpc) is 2.87. The summed E-state index contributed by atoms with van der Waals surface area (Å²) < 4.78 is 5.26. The van der Waals surface area contributed by atoms with Crippen LogP contribution in [0, 0.1) is 16.0 Å². The van der Waals surface area contributed by atoms with Gasteiger partial charge in [0.25, 0.3) is 5.96 Å². The van der Waals surface area contributed by atoms with Crippen molar-refractivity contribution in [2.75, 3.05) is 13.7 Å². The lowest BCUT2D eigenvalue weighted by Gasteiger charge is -2.25. The molecule has 212 valence electrons. The number of nitrogens with one attached hydrogen (secondary N) is 3. The number of hydrazine groups is 1. The minimum absolute atomic E-state index is 0.0636. The number of rotatable bonds is 14. The molecule has 0 bridgehead atoms. The third-order valence-electron chi connectivity index (χ3n) is 6.15. The number of nitro groups is 1. The number of fused-ring (bicyclic) bond motifs is 1. The van der Waals surface area contributed by atoms with Crippen molar-refractivity contribution in [2.45, 2.75) is 57.9 Å². The number of hydrogen-bond acceptors (Lipinski definition) is 8. The zero-order valence-electron chi connectivity index (χ0n) is 22.6. The van der Waals surface area contributed by atoms with Gasteiger partial charge in [-0.1, -0.05) is 43.5 Å². The standard InChI is InChI=1S/C25H37BN6O7/c1-15(2)12-22(26(35)36)30-24(34)21(6-5-11-28-25(27)31-32(37)38)29-23(33)16(3)17-7-8-19-14-20(39-4)10-9-18(19)13-17/h7-10,13-16,21-22,35-36H,5-6,11-12H2,1-4H3,(H,29,33)(H,30,34)(H3,27,28,31)/t16-,21-,22-/m0/s1. The predicted molar refractivity (Wildman–Crippen MR) is 148 cm³/mol. The number of guanidine groups is 1. The number of ether oxygens (including phenoxy) is 1. The molecular weight excluding hydrogens is 507 g/mol. The molecular formula is C25H37BN6O7. The Labute approximate surface area is 227 Å². The van der Waals surface area contributed by atoms with Crippen LogP contribution in [0.5, 0.6) is 5.75 Å². The summed E-state index contributed by atoms with van der Waals surface area (Å²) in [6, 6.07) is 10.2. The number of amides is 2. The minimum atomic E-state index is -1.78. The Morgan fingerprint density at radius 3 is 2.38 bits per heavy atom. The summed E-state index contributed by atoms with van der Waals surface area (Å²) in [7, 11) is -0.188. The first-order valence-corrected chi connectivity index (χ1v) is 12.7. The van der Waals surface area contributed by atoms with Gasteiger partial charge in [-0.2, -0.15) is 0 Å². The fourth-order valence-corrected chi connectivity index (χ4v) is 4.03. The van der Waals surface area contributed by atoms with E-state index in [9.17, 15) is 29.8 Å². The molecule has 0 unspecified atom stereocenters. The van der Waals surface area contributed by atoms with Crippen LogP contribution in [-0.4, -0.2) is 65.6 Å². The number of carbonyl (C=O) groups excluding carboxylic acids is 2. The molecule has 0 saturated heterocycles. The van der Waals surface area contributed by atoms with E-state index < -0.39 is 41.9 Å². The highest BCUT2D eigenvalue weighted by molar-refractivity contribution is 6.43. The summed E-state index contributed by atoms with van der Waals surface area (Å²) in [5.74, 6) is -2.09. The number of methoxy groups -OCH3 is 1. The van der Waals surface area contributed by atoms with E-state index in [1.165, 1.54) is 0 Å². The zero-order chi connectivity index (χ0) is 29.1. The first-order valence-electron chi connectivity index (χ1n) is 12.7. The topological polar surface area (TPSA) is 201 Å². The predicted octanol–water partition coefficient (Wildman–Crippen LogP) is 0.856. The molecule has 2 aromatic rings. The van der Waals surface area contributed by atoms with Crippen LogP contribution >= 0.6 is 0 Å². The molecule has 2 rings (SSSR count). The molecule has 0 radical (unpaired) electrons. The fourth-order valence-electron chi connectivity index (χ4n) is 4.03. The Balaban J connectivity index is 2.17. The summed E-state index contributed by atoms with van der Waals surface area (Å²) in [4.78, 5) is 40.6. The van der Waals surface area contributed by atoms with E-state index >= 15 is 0 Å². The van der Waals surface area contributed by atoms with Crippen molar-refractivity contribution < 1.29 is 29.4 Å². The number of benzene rings is 2. The lowest BCUT2D eigenvalue weighted by atomic mass is 9.75. The maximum Gasteiger partial charge on any atom is 0.475 e. The summed E-state index contributed by atoms with van der Waals surface area (Å²) in [6.45, 7) is 5.54. The van der Waals surface area contributed by atoms with Gasteiger partial charge in [0.05, 0.1) is 19.0 Å². The van der Waals surface area contributed by atoms with Crippen LogP contribution in [0.3, 0.4) is 0 Å². The Morgan fingerprint density at radius 1 is 1.10 bits per heavy atom. The Morgan fingerprint density at radius 2 is 1.77 bits per heavy atom. The van der Waals surface area contributed by atoms with Crippen LogP contribution in [0.2, 0.25) is 0 Å². The maximum absolute atomic E-state index is 13.2. The molecule has 0 aliphatic carbocycles. The second kappa shape index (κ2) is 14.9. The molecule has 13 nitrogen and oxygen atoms in total. The molecule has 0 aromatic heterocycles. The molecule has 2 aromatic carbocycles. The van der Waals surface area contributed by atoms with Gasteiger partial charge in [-0.15, -0.1) is 0 Å². The van der Waals surface area contributed by atoms with Gasteiger partial charge in [-0.05, 0) is 60.6 Å². The van der Waals surface area contributed by atoms with Crippen molar-refractivity contribution >= 4 is 35.7 Å². The molecule has 0 aliphatic heterocycles. The van der Waals surface area contributed by atoms with Gasteiger partial charge in [0, 0.05) is 6.54 Å². The third-order valence-corrected chi connectivity index (χ3v) is 6.15. The largest absolute Gasteiger partial charge is 0.497 e. The van der Waals surface area contributed by atoms with Crippen molar-refractivity contribution in [3.8, 4) is 5.75 Å². The quantitative estimate of drug-likeness (QED) is 0.0498. The molecule has 2 amide bonds. The molecule has 0 fully saturated rings. The van der Waals surface area contributed by atoms with Gasteiger partial charge in [0.2, 0.25) is 11.8 Å². The minimum Gasteiger partial charge on any atom is -0.497 e. The van der Waals surface area contributed by atoms with Crippen LogP contribution in [0.25, 0.3) is 10.8 Å². The Hall–Kier alpha value is -3.91. The third kappa shape index (κ3) is 10.1. The molecule has 14 heteroatoms. The van der Waals surface area contributed by atoms with Gasteiger partial charge in [0.1, 0.15) is 11.8 Å². The molecule has 0 heterocycles. The van der Waals surface area contributed by atoms with Crippen molar-refractivity contribution in [3.05, 3.63) is 52.1 Å². The molecule has 0 saturated carbocycles. The number of hydrogen-bond donors (Lipinski definition) is 6. The van der Waals surface area contributed by atoms with E-state index in [1.54, 1.807) is 19.5 Å². The van der Waals surface area contributed by atoms with Gasteiger partial charge in [-0.25, -0.2) is 15.1 Å². The monoisotopic (exact) mass is 544 g/mol. The maximum atomic E-state index is 13.2. The average molecular weight is 544 g/mol. The fraction of sp³-hybridized carbons (Fsp3) is 0.480. The SMILES string of the molecule is COc1ccc2cc([C@H](C)C(=O)N[C@@H](CCCN=C(N)N[N+](=O)[O-])C(=O)N[C@@H](CC(C)C)B(O)O)ccc2c1. The highest BCUT2D eigenvalue weighted by atomic mass is 16.7. The van der Waals surface area contributed by atoms with Crippen LogP contribution in [0.4, 0.5) is 0 Å². The van der Waals surface area contributed by atoms with Crippen molar-refractivity contribution in [1.29, 1.82) is 0 Å².